The number of hydrogen-bond acceptors (Lipinski definition) is 7. The van der Waals surface area contributed by atoms with Gasteiger partial charge in [-0.15, -0.1) is 10.2 Å². The number of carbonyl (C=O) groups excluding carboxylic acids is 1. The van der Waals surface area contributed by atoms with E-state index >= 15 is 0 Å². The molecule has 0 saturated heterocycles. The Morgan fingerprint density at radius 3 is 2.66 bits per heavy atom. The minimum atomic E-state index is -0.271. The molecule has 0 radical (unpaired) electrons. The van der Waals surface area contributed by atoms with Gasteiger partial charge in [-0.25, -0.2) is 4.39 Å². The summed E-state index contributed by atoms with van der Waals surface area (Å²) in [4.78, 5) is 14.3. The molecule has 0 saturated carbocycles. The van der Waals surface area contributed by atoms with Gasteiger partial charge >= 0.3 is 0 Å². The largest absolute Gasteiger partial charge is 0.356 e. The number of nitrogens with zero attached hydrogens (tertiary/aromatic N) is 4. The summed E-state index contributed by atoms with van der Waals surface area (Å²) in [5.74, 6) is -0.160. The van der Waals surface area contributed by atoms with Gasteiger partial charge in [-0.05, 0) is 29.8 Å². The zero-order valence-electron chi connectivity index (χ0n) is 15.4. The van der Waals surface area contributed by atoms with Crippen LogP contribution in [0.4, 0.5) is 15.2 Å². The van der Waals surface area contributed by atoms with Gasteiger partial charge in [0.1, 0.15) is 5.82 Å². The van der Waals surface area contributed by atoms with Crippen LogP contribution in [0, 0.1) is 17.1 Å². The van der Waals surface area contributed by atoms with Crippen molar-refractivity contribution in [3.63, 3.8) is 0 Å². The summed E-state index contributed by atoms with van der Waals surface area (Å²) < 4.78 is 13.6. The van der Waals surface area contributed by atoms with Gasteiger partial charge in [0.05, 0.1) is 18.2 Å². The number of hydrogen-bond donors (Lipinski definition) is 1. The molecule has 29 heavy (non-hydrogen) atoms. The predicted octanol–water partition coefficient (Wildman–Crippen LogP) is 4.33. The van der Waals surface area contributed by atoms with Crippen LogP contribution in [0.5, 0.6) is 0 Å². The quantitative estimate of drug-likeness (QED) is 0.512. The number of benzene rings is 2. The summed E-state index contributed by atoms with van der Waals surface area (Å²) in [7, 11) is 0. The van der Waals surface area contributed by atoms with Crippen molar-refractivity contribution in [2.45, 2.75) is 17.3 Å². The second kappa shape index (κ2) is 10.5. The second-order valence-electron chi connectivity index (χ2n) is 5.93. The number of thioether (sulfide) groups is 1. The van der Waals surface area contributed by atoms with Crippen molar-refractivity contribution in [2.24, 2.45) is 0 Å². The maximum atomic E-state index is 12.9. The number of amides is 1. The van der Waals surface area contributed by atoms with E-state index < -0.39 is 0 Å². The molecular formula is C20H18FN5OS2. The van der Waals surface area contributed by atoms with Crippen molar-refractivity contribution in [3.8, 4) is 6.07 Å². The maximum Gasteiger partial charge on any atom is 0.237 e. The summed E-state index contributed by atoms with van der Waals surface area (Å²) in [6, 6.07) is 17.6. The van der Waals surface area contributed by atoms with Crippen molar-refractivity contribution < 1.29 is 9.18 Å². The molecule has 0 aliphatic carbocycles. The fourth-order valence-electron chi connectivity index (χ4n) is 2.49. The Balaban J connectivity index is 1.54. The zero-order chi connectivity index (χ0) is 20.5. The Labute approximate surface area is 176 Å². The highest BCUT2D eigenvalue weighted by molar-refractivity contribution is 8.01. The van der Waals surface area contributed by atoms with Crippen LogP contribution in [-0.2, 0) is 11.3 Å². The average Bonchev–Trinajstić information content (AvgIpc) is 3.21. The van der Waals surface area contributed by atoms with Crippen LogP contribution in [0.15, 0.2) is 58.9 Å². The lowest BCUT2D eigenvalue weighted by Crippen LogP contribution is -2.33. The second-order valence-corrected chi connectivity index (χ2v) is 8.13. The van der Waals surface area contributed by atoms with Crippen LogP contribution in [-0.4, -0.2) is 28.4 Å². The number of halogens is 1. The lowest BCUT2D eigenvalue weighted by Gasteiger charge is -2.21. The molecule has 0 aliphatic rings. The molecule has 0 atom stereocenters. The molecule has 1 aromatic heterocycles. The van der Waals surface area contributed by atoms with Gasteiger partial charge in [0.2, 0.25) is 11.0 Å². The van der Waals surface area contributed by atoms with E-state index in [2.05, 4.69) is 21.6 Å². The Kier molecular flexibility index (Phi) is 7.55. The summed E-state index contributed by atoms with van der Waals surface area (Å²) in [5.41, 5.74) is 1.70. The van der Waals surface area contributed by atoms with E-state index in [1.165, 1.54) is 35.2 Å². The van der Waals surface area contributed by atoms with Gasteiger partial charge in [0, 0.05) is 18.8 Å². The first-order chi connectivity index (χ1) is 14.2. The Bertz CT molecular complexity index is 973. The third-order valence-electron chi connectivity index (χ3n) is 3.90. The normalized spacial score (nSPS) is 10.3. The van der Waals surface area contributed by atoms with Gasteiger partial charge < -0.3 is 10.2 Å². The third kappa shape index (κ3) is 6.27. The molecule has 1 N–H and O–H groups in total. The first-order valence-electron chi connectivity index (χ1n) is 8.82. The molecule has 3 rings (SSSR count). The number of anilines is 2. The van der Waals surface area contributed by atoms with Crippen molar-refractivity contribution in [2.75, 3.05) is 22.5 Å². The highest BCUT2D eigenvalue weighted by atomic mass is 32.2. The molecular weight excluding hydrogens is 409 g/mol. The summed E-state index contributed by atoms with van der Waals surface area (Å²) in [6.45, 7) is 0.856. The van der Waals surface area contributed by atoms with Gasteiger partial charge in [-0.3, -0.25) is 4.79 Å². The van der Waals surface area contributed by atoms with E-state index in [1.54, 1.807) is 17.0 Å². The number of nitriles is 1. The number of aromatic nitrogens is 2. The minimum absolute atomic E-state index is 0.0903. The van der Waals surface area contributed by atoms with Gasteiger partial charge in [0.25, 0.3) is 0 Å². The van der Waals surface area contributed by atoms with Crippen LogP contribution < -0.4 is 10.2 Å². The Hall–Kier alpha value is -2.96. The monoisotopic (exact) mass is 427 g/mol. The van der Waals surface area contributed by atoms with E-state index in [9.17, 15) is 9.18 Å². The third-order valence-corrected chi connectivity index (χ3v) is 5.90. The van der Waals surface area contributed by atoms with Crippen LogP contribution in [0.3, 0.4) is 0 Å². The Morgan fingerprint density at radius 1 is 1.17 bits per heavy atom. The predicted molar refractivity (Wildman–Crippen MR) is 113 cm³/mol. The smallest absolute Gasteiger partial charge is 0.237 e. The average molecular weight is 428 g/mol. The van der Waals surface area contributed by atoms with Crippen molar-refractivity contribution in [1.29, 1.82) is 5.26 Å². The molecule has 0 unspecified atom stereocenters. The SMILES string of the molecule is N#CCCN(C(=O)CSc1nnc(NCc2ccc(F)cc2)s1)c1ccccc1. The molecule has 1 heterocycles. The topological polar surface area (TPSA) is 81.9 Å². The summed E-state index contributed by atoms with van der Waals surface area (Å²) >= 11 is 2.67. The Morgan fingerprint density at radius 2 is 1.93 bits per heavy atom. The maximum absolute atomic E-state index is 12.9. The standard InChI is InChI=1S/C20H18FN5OS2/c21-16-9-7-15(8-10-16)13-23-19-24-25-20(29-19)28-14-18(27)26(12-4-11-22)17-5-2-1-3-6-17/h1-3,5-10H,4,12-14H2,(H,23,24). The molecule has 3 aromatic rings. The zero-order valence-corrected chi connectivity index (χ0v) is 17.0. The first-order valence-corrected chi connectivity index (χ1v) is 10.6. The molecule has 2 aromatic carbocycles. The highest BCUT2D eigenvalue weighted by Gasteiger charge is 2.17. The van der Waals surface area contributed by atoms with E-state index in [0.29, 0.717) is 22.6 Å². The molecule has 6 nitrogen and oxygen atoms in total. The first kappa shape index (κ1) is 20.8. The van der Waals surface area contributed by atoms with Crippen LogP contribution in [0.1, 0.15) is 12.0 Å². The lowest BCUT2D eigenvalue weighted by atomic mass is 10.2. The molecule has 0 spiro atoms. The summed E-state index contributed by atoms with van der Waals surface area (Å²) in [6.07, 6.45) is 0.265. The molecule has 0 bridgehead atoms. The van der Waals surface area contributed by atoms with E-state index in [0.717, 1.165) is 11.3 Å². The van der Waals surface area contributed by atoms with Crippen LogP contribution >= 0.6 is 23.1 Å². The van der Waals surface area contributed by atoms with Crippen molar-refractivity contribution in [3.05, 3.63) is 66.0 Å². The number of carbonyl (C=O) groups is 1. The fraction of sp³-hybridized carbons (Fsp3) is 0.200. The number of rotatable bonds is 9. The van der Waals surface area contributed by atoms with Crippen molar-refractivity contribution in [1.82, 2.24) is 10.2 Å². The molecule has 0 fully saturated rings. The number of para-hydroxylation sites is 1. The summed E-state index contributed by atoms with van der Waals surface area (Å²) in [5, 5.41) is 20.8. The van der Waals surface area contributed by atoms with Crippen LogP contribution in [0.25, 0.3) is 0 Å². The molecule has 148 valence electrons. The highest BCUT2D eigenvalue weighted by Crippen LogP contribution is 2.27. The molecule has 1 amide bonds. The van der Waals surface area contributed by atoms with E-state index in [-0.39, 0.29) is 23.9 Å². The van der Waals surface area contributed by atoms with Crippen LogP contribution in [0.2, 0.25) is 0 Å². The molecule has 0 aliphatic heterocycles. The van der Waals surface area contributed by atoms with Gasteiger partial charge in [0.15, 0.2) is 4.34 Å². The minimum Gasteiger partial charge on any atom is -0.356 e. The molecule has 9 heteroatoms. The van der Waals surface area contributed by atoms with E-state index in [1.807, 2.05) is 30.3 Å². The van der Waals surface area contributed by atoms with E-state index in [4.69, 9.17) is 5.26 Å². The van der Waals surface area contributed by atoms with Gasteiger partial charge in [-0.1, -0.05) is 53.4 Å². The fourth-order valence-corrected chi connectivity index (χ4v) is 4.11. The number of nitrogens with one attached hydrogen (secondary N) is 1. The lowest BCUT2D eigenvalue weighted by molar-refractivity contribution is -0.116. The van der Waals surface area contributed by atoms with Crippen molar-refractivity contribution >= 4 is 39.8 Å². The van der Waals surface area contributed by atoms with Gasteiger partial charge in [-0.2, -0.15) is 5.26 Å².